The Morgan fingerprint density at radius 2 is 1.81 bits per heavy atom. The van der Waals surface area contributed by atoms with Gasteiger partial charge in [0.1, 0.15) is 0 Å². The fraction of sp³-hybridized carbons (Fsp3) is 0. The Kier molecular flexibility index (Phi) is 4.10. The van der Waals surface area contributed by atoms with Crippen LogP contribution in [0.15, 0.2) is 72.0 Å². The summed E-state index contributed by atoms with van der Waals surface area (Å²) in [6.07, 6.45) is 5.10. The van der Waals surface area contributed by atoms with E-state index in [9.17, 15) is 8.42 Å². The molecule has 8 heteroatoms. The van der Waals surface area contributed by atoms with Gasteiger partial charge in [-0.15, -0.1) is 0 Å². The van der Waals surface area contributed by atoms with Gasteiger partial charge in [0, 0.05) is 23.3 Å². The van der Waals surface area contributed by atoms with E-state index in [1.54, 1.807) is 36.7 Å². The molecule has 0 spiro atoms. The average molecular weight is 385 g/mol. The van der Waals surface area contributed by atoms with Crippen LogP contribution in [0.25, 0.3) is 22.2 Å². The van der Waals surface area contributed by atoms with Gasteiger partial charge in [-0.05, 0) is 30.3 Å². The van der Waals surface area contributed by atoms with E-state index in [0.717, 1.165) is 10.9 Å². The van der Waals surface area contributed by atoms with E-state index in [1.807, 2.05) is 18.3 Å². The number of aromatic nitrogens is 3. The summed E-state index contributed by atoms with van der Waals surface area (Å²) in [7, 11) is -3.76. The number of benzene rings is 1. The number of halogens is 1. The Balaban J connectivity index is 1.72. The molecule has 0 aliphatic rings. The van der Waals surface area contributed by atoms with Gasteiger partial charge in [0.25, 0.3) is 10.0 Å². The van der Waals surface area contributed by atoms with Gasteiger partial charge >= 0.3 is 0 Å². The summed E-state index contributed by atoms with van der Waals surface area (Å²) in [6, 6.07) is 13.5. The fourth-order valence-corrected chi connectivity index (χ4v) is 3.86. The van der Waals surface area contributed by atoms with Crippen LogP contribution in [0.1, 0.15) is 0 Å². The Bertz CT molecular complexity index is 1190. The highest BCUT2D eigenvalue weighted by Crippen LogP contribution is 2.28. The highest BCUT2D eigenvalue weighted by molar-refractivity contribution is 7.92. The van der Waals surface area contributed by atoms with E-state index in [1.165, 1.54) is 12.1 Å². The van der Waals surface area contributed by atoms with Gasteiger partial charge < -0.3 is 4.98 Å². The van der Waals surface area contributed by atoms with Crippen LogP contribution in [0.3, 0.4) is 0 Å². The molecule has 0 radical (unpaired) electrons. The van der Waals surface area contributed by atoms with Crippen molar-refractivity contribution >= 4 is 38.2 Å². The number of sulfonamides is 1. The van der Waals surface area contributed by atoms with Crippen molar-refractivity contribution in [3.63, 3.8) is 0 Å². The lowest BCUT2D eigenvalue weighted by Crippen LogP contribution is -2.13. The van der Waals surface area contributed by atoms with Crippen LogP contribution in [-0.4, -0.2) is 23.4 Å². The number of H-pyrrole nitrogens is 1. The third-order valence-corrected chi connectivity index (χ3v) is 5.55. The van der Waals surface area contributed by atoms with Gasteiger partial charge in [-0.25, -0.2) is 13.4 Å². The van der Waals surface area contributed by atoms with Crippen molar-refractivity contribution in [3.8, 4) is 11.3 Å². The average Bonchev–Trinajstić information content (AvgIpc) is 3.12. The van der Waals surface area contributed by atoms with Crippen LogP contribution in [0, 0.1) is 0 Å². The van der Waals surface area contributed by atoms with Gasteiger partial charge in [0.15, 0.2) is 5.15 Å². The first-order valence-corrected chi connectivity index (χ1v) is 9.56. The van der Waals surface area contributed by atoms with Crippen molar-refractivity contribution in [3.05, 3.63) is 72.3 Å². The second-order valence-corrected chi connectivity index (χ2v) is 7.66. The second kappa shape index (κ2) is 6.44. The number of nitrogens with zero attached hydrogens (tertiary/aromatic N) is 2. The largest absolute Gasteiger partial charge is 0.360 e. The zero-order valence-electron chi connectivity index (χ0n) is 13.3. The Morgan fingerprint density at radius 3 is 2.62 bits per heavy atom. The third kappa shape index (κ3) is 3.14. The van der Waals surface area contributed by atoms with Gasteiger partial charge in [0.2, 0.25) is 0 Å². The standard InChI is InChI=1S/C18H13ClN4O2S/c19-18-16(23-26(24,25)14-4-2-1-3-5-14)9-13(10-22-18)15-8-12-6-7-20-17(12)11-21-15/h1-11,20,23H. The Hall–Kier alpha value is -2.90. The Labute approximate surface area is 154 Å². The summed E-state index contributed by atoms with van der Waals surface area (Å²) < 4.78 is 27.5. The molecule has 3 heterocycles. The van der Waals surface area contributed by atoms with E-state index in [4.69, 9.17) is 11.6 Å². The summed E-state index contributed by atoms with van der Waals surface area (Å²) in [6.45, 7) is 0. The molecule has 2 N–H and O–H groups in total. The number of rotatable bonds is 4. The normalized spacial score (nSPS) is 11.6. The summed E-state index contributed by atoms with van der Waals surface area (Å²) in [5.74, 6) is 0. The minimum absolute atomic E-state index is 0.0657. The van der Waals surface area contributed by atoms with Gasteiger partial charge in [-0.3, -0.25) is 9.71 Å². The number of hydrogen-bond donors (Lipinski definition) is 2. The molecule has 4 aromatic rings. The first-order chi connectivity index (χ1) is 12.5. The SMILES string of the molecule is O=S(=O)(Nc1cc(-c2cc3cc[nH]c3cn2)cnc1Cl)c1ccccc1. The maximum Gasteiger partial charge on any atom is 0.261 e. The minimum atomic E-state index is -3.76. The molecular weight excluding hydrogens is 372 g/mol. The van der Waals surface area contributed by atoms with Crippen LogP contribution in [-0.2, 0) is 10.0 Å². The summed E-state index contributed by atoms with van der Waals surface area (Å²) in [4.78, 5) is 11.7. The minimum Gasteiger partial charge on any atom is -0.360 e. The number of nitrogens with one attached hydrogen (secondary N) is 2. The molecule has 0 atom stereocenters. The number of anilines is 1. The van der Waals surface area contributed by atoms with Crippen molar-refractivity contribution < 1.29 is 8.42 Å². The molecule has 0 fully saturated rings. The van der Waals surface area contributed by atoms with Gasteiger partial charge in [0.05, 0.1) is 28.0 Å². The second-order valence-electron chi connectivity index (χ2n) is 5.62. The van der Waals surface area contributed by atoms with E-state index >= 15 is 0 Å². The number of pyridine rings is 2. The fourth-order valence-electron chi connectivity index (χ4n) is 2.57. The molecule has 130 valence electrons. The molecule has 0 bridgehead atoms. The highest BCUT2D eigenvalue weighted by atomic mass is 35.5. The van der Waals surface area contributed by atoms with E-state index in [-0.39, 0.29) is 15.7 Å². The molecule has 1 aromatic carbocycles. The topological polar surface area (TPSA) is 87.7 Å². The number of hydrogen-bond acceptors (Lipinski definition) is 4. The molecule has 0 aliphatic carbocycles. The van der Waals surface area contributed by atoms with Crippen LogP contribution in [0.2, 0.25) is 5.15 Å². The number of fused-ring (bicyclic) bond motifs is 1. The zero-order chi connectivity index (χ0) is 18.1. The molecule has 3 aromatic heterocycles. The van der Waals surface area contributed by atoms with Gasteiger partial charge in [-0.1, -0.05) is 29.8 Å². The maximum atomic E-state index is 12.5. The van der Waals surface area contributed by atoms with Crippen molar-refractivity contribution in [2.45, 2.75) is 4.90 Å². The third-order valence-electron chi connectivity index (χ3n) is 3.87. The smallest absolute Gasteiger partial charge is 0.261 e. The zero-order valence-corrected chi connectivity index (χ0v) is 14.9. The van der Waals surface area contributed by atoms with Crippen LogP contribution in [0.5, 0.6) is 0 Å². The van der Waals surface area contributed by atoms with Crippen LogP contribution in [0.4, 0.5) is 5.69 Å². The van der Waals surface area contributed by atoms with Crippen molar-refractivity contribution in [2.24, 2.45) is 0 Å². The highest BCUT2D eigenvalue weighted by Gasteiger charge is 2.17. The molecule has 0 saturated heterocycles. The molecular formula is C18H13ClN4O2S. The summed E-state index contributed by atoms with van der Waals surface area (Å²) in [5.41, 5.74) is 2.44. The molecule has 6 nitrogen and oxygen atoms in total. The summed E-state index contributed by atoms with van der Waals surface area (Å²) in [5, 5.41) is 1.06. The number of aromatic amines is 1. The molecule has 0 saturated carbocycles. The van der Waals surface area contributed by atoms with E-state index in [0.29, 0.717) is 11.3 Å². The van der Waals surface area contributed by atoms with E-state index < -0.39 is 10.0 Å². The maximum absolute atomic E-state index is 12.5. The van der Waals surface area contributed by atoms with Crippen molar-refractivity contribution in [2.75, 3.05) is 4.72 Å². The lowest BCUT2D eigenvalue weighted by Gasteiger charge is -2.10. The predicted molar refractivity (Wildman–Crippen MR) is 102 cm³/mol. The van der Waals surface area contributed by atoms with E-state index in [2.05, 4.69) is 19.7 Å². The lowest BCUT2D eigenvalue weighted by atomic mass is 10.1. The molecule has 26 heavy (non-hydrogen) atoms. The Morgan fingerprint density at radius 1 is 1.00 bits per heavy atom. The van der Waals surface area contributed by atoms with Crippen LogP contribution >= 0.6 is 11.6 Å². The molecule has 0 aliphatic heterocycles. The van der Waals surface area contributed by atoms with Crippen molar-refractivity contribution in [1.29, 1.82) is 0 Å². The predicted octanol–water partition coefficient (Wildman–Crippen LogP) is 4.08. The molecule has 0 unspecified atom stereocenters. The lowest BCUT2D eigenvalue weighted by molar-refractivity contribution is 0.601. The van der Waals surface area contributed by atoms with Gasteiger partial charge in [-0.2, -0.15) is 0 Å². The van der Waals surface area contributed by atoms with Crippen molar-refractivity contribution in [1.82, 2.24) is 15.0 Å². The first kappa shape index (κ1) is 16.6. The summed E-state index contributed by atoms with van der Waals surface area (Å²) >= 11 is 6.09. The first-order valence-electron chi connectivity index (χ1n) is 7.70. The molecule has 0 amide bonds. The monoisotopic (exact) mass is 384 g/mol. The quantitative estimate of drug-likeness (QED) is 0.519. The molecule has 4 rings (SSSR count). The van der Waals surface area contributed by atoms with Crippen LogP contribution < -0.4 is 4.72 Å².